The van der Waals surface area contributed by atoms with Crippen molar-refractivity contribution in [3.63, 3.8) is 0 Å². The number of anilines is 3. The van der Waals surface area contributed by atoms with Crippen LogP contribution in [0, 0.1) is 0 Å². The first-order chi connectivity index (χ1) is 9.08. The lowest BCUT2D eigenvalue weighted by molar-refractivity contribution is 0.886. The Hall–Kier alpha value is -1.59. The fourth-order valence-electron chi connectivity index (χ4n) is 1.40. The molecule has 1 aromatic heterocycles. The normalized spacial score (nSPS) is 10.3. The van der Waals surface area contributed by atoms with Crippen molar-refractivity contribution in [2.24, 2.45) is 0 Å². The van der Waals surface area contributed by atoms with Crippen LogP contribution in [0.5, 0.6) is 0 Å². The maximum absolute atomic E-state index is 5.92. The molecule has 0 atom stereocenters. The second kappa shape index (κ2) is 6.04. The van der Waals surface area contributed by atoms with Gasteiger partial charge < -0.3 is 10.2 Å². The van der Waals surface area contributed by atoms with Crippen molar-refractivity contribution in [2.45, 2.75) is 6.92 Å². The minimum absolute atomic E-state index is 0.148. The van der Waals surface area contributed by atoms with Crippen molar-refractivity contribution in [2.75, 3.05) is 23.8 Å². The largest absolute Gasteiger partial charge is 0.344 e. The van der Waals surface area contributed by atoms with Gasteiger partial charge in [0.1, 0.15) is 0 Å². The molecule has 0 spiro atoms. The quantitative estimate of drug-likeness (QED) is 0.937. The van der Waals surface area contributed by atoms with Crippen LogP contribution in [0.2, 0.25) is 10.3 Å². The van der Waals surface area contributed by atoms with Gasteiger partial charge in [0.2, 0.25) is 17.2 Å². The summed E-state index contributed by atoms with van der Waals surface area (Å²) in [6.45, 7) is 2.78. The van der Waals surface area contributed by atoms with Crippen LogP contribution < -0.4 is 10.2 Å². The van der Waals surface area contributed by atoms with E-state index >= 15 is 0 Å². The number of halogens is 2. The molecule has 1 N–H and O–H groups in total. The van der Waals surface area contributed by atoms with E-state index in [2.05, 4.69) is 20.3 Å². The van der Waals surface area contributed by atoms with Crippen molar-refractivity contribution in [1.82, 2.24) is 15.0 Å². The zero-order valence-corrected chi connectivity index (χ0v) is 12.1. The standard InChI is InChI=1S/C12H13Cl2N5/c1-3-19(2)12-17-10(14)16-11(18-12)15-9-6-4-5-8(13)7-9/h4-7H,3H2,1-2H3,(H,15,16,17,18). The number of hydrogen-bond donors (Lipinski definition) is 1. The lowest BCUT2D eigenvalue weighted by Crippen LogP contribution is -2.19. The van der Waals surface area contributed by atoms with Gasteiger partial charge >= 0.3 is 0 Å². The van der Waals surface area contributed by atoms with Gasteiger partial charge in [-0.3, -0.25) is 0 Å². The molecule has 0 bridgehead atoms. The second-order valence-corrected chi connectivity index (χ2v) is 4.65. The summed E-state index contributed by atoms with van der Waals surface area (Å²) in [5.41, 5.74) is 0.792. The Balaban J connectivity index is 2.27. The van der Waals surface area contributed by atoms with E-state index in [1.165, 1.54) is 0 Å². The van der Waals surface area contributed by atoms with Gasteiger partial charge in [0.25, 0.3) is 0 Å². The molecule has 0 fully saturated rings. The molecule has 5 nitrogen and oxygen atoms in total. The van der Waals surface area contributed by atoms with Crippen LogP contribution in [0.4, 0.5) is 17.6 Å². The van der Waals surface area contributed by atoms with Gasteiger partial charge in [-0.2, -0.15) is 15.0 Å². The summed E-state index contributed by atoms with van der Waals surface area (Å²) in [5.74, 6) is 0.907. The van der Waals surface area contributed by atoms with E-state index in [0.29, 0.717) is 16.9 Å². The predicted octanol–water partition coefficient (Wildman–Crippen LogP) is 3.38. The predicted molar refractivity (Wildman–Crippen MR) is 78.5 cm³/mol. The Morgan fingerprint density at radius 3 is 2.68 bits per heavy atom. The smallest absolute Gasteiger partial charge is 0.233 e. The summed E-state index contributed by atoms with van der Waals surface area (Å²) in [5, 5.41) is 3.83. The molecule has 0 aliphatic carbocycles. The average molecular weight is 298 g/mol. The third-order valence-electron chi connectivity index (χ3n) is 2.49. The average Bonchev–Trinajstić information content (AvgIpc) is 2.37. The molecule has 100 valence electrons. The molecule has 0 amide bonds. The highest BCUT2D eigenvalue weighted by atomic mass is 35.5. The van der Waals surface area contributed by atoms with Gasteiger partial charge in [0.05, 0.1) is 0 Å². The Bertz CT molecular complexity index is 576. The summed E-state index contributed by atoms with van der Waals surface area (Å²) in [7, 11) is 1.88. The molecule has 2 rings (SSSR count). The van der Waals surface area contributed by atoms with Crippen LogP contribution in [-0.2, 0) is 0 Å². The van der Waals surface area contributed by atoms with Crippen molar-refractivity contribution in [1.29, 1.82) is 0 Å². The van der Waals surface area contributed by atoms with E-state index in [0.717, 1.165) is 12.2 Å². The van der Waals surface area contributed by atoms with Crippen LogP contribution in [0.15, 0.2) is 24.3 Å². The first-order valence-corrected chi connectivity index (χ1v) is 6.49. The fraction of sp³-hybridized carbons (Fsp3) is 0.250. The topological polar surface area (TPSA) is 53.9 Å². The van der Waals surface area contributed by atoms with E-state index in [4.69, 9.17) is 23.2 Å². The van der Waals surface area contributed by atoms with Gasteiger partial charge in [-0.05, 0) is 36.7 Å². The molecule has 7 heteroatoms. The lowest BCUT2D eigenvalue weighted by atomic mass is 10.3. The number of nitrogens with zero attached hydrogens (tertiary/aromatic N) is 4. The minimum atomic E-state index is 0.148. The molecular formula is C12H13Cl2N5. The molecule has 0 aliphatic heterocycles. The van der Waals surface area contributed by atoms with Gasteiger partial charge in [-0.1, -0.05) is 17.7 Å². The van der Waals surface area contributed by atoms with Crippen LogP contribution in [0.1, 0.15) is 6.92 Å². The molecular weight excluding hydrogens is 285 g/mol. The Morgan fingerprint density at radius 1 is 1.21 bits per heavy atom. The Kier molecular flexibility index (Phi) is 4.39. The summed E-state index contributed by atoms with van der Waals surface area (Å²) < 4.78 is 0. The number of benzene rings is 1. The van der Waals surface area contributed by atoms with Gasteiger partial charge in [0, 0.05) is 24.3 Å². The highest BCUT2D eigenvalue weighted by Gasteiger charge is 2.08. The number of nitrogens with one attached hydrogen (secondary N) is 1. The first kappa shape index (κ1) is 13.8. The van der Waals surface area contributed by atoms with E-state index < -0.39 is 0 Å². The highest BCUT2D eigenvalue weighted by Crippen LogP contribution is 2.20. The summed E-state index contributed by atoms with van der Waals surface area (Å²) in [6.07, 6.45) is 0. The fourth-order valence-corrected chi connectivity index (χ4v) is 1.75. The summed E-state index contributed by atoms with van der Waals surface area (Å²) in [6, 6.07) is 7.28. The van der Waals surface area contributed by atoms with E-state index in [9.17, 15) is 0 Å². The molecule has 0 aliphatic rings. The summed E-state index contributed by atoms with van der Waals surface area (Å²) >= 11 is 11.8. The van der Waals surface area contributed by atoms with Gasteiger partial charge in [0.15, 0.2) is 0 Å². The Morgan fingerprint density at radius 2 is 2.00 bits per heavy atom. The molecule has 0 unspecified atom stereocenters. The van der Waals surface area contributed by atoms with Crippen molar-refractivity contribution >= 4 is 40.8 Å². The summed E-state index contributed by atoms with van der Waals surface area (Å²) in [4.78, 5) is 14.3. The second-order valence-electron chi connectivity index (χ2n) is 3.88. The van der Waals surface area contributed by atoms with E-state index in [-0.39, 0.29) is 5.28 Å². The van der Waals surface area contributed by atoms with Crippen LogP contribution in [0.25, 0.3) is 0 Å². The van der Waals surface area contributed by atoms with Crippen molar-refractivity contribution in [3.8, 4) is 0 Å². The SMILES string of the molecule is CCN(C)c1nc(Cl)nc(Nc2cccc(Cl)c2)n1. The third-order valence-corrected chi connectivity index (χ3v) is 2.90. The zero-order chi connectivity index (χ0) is 13.8. The first-order valence-electron chi connectivity index (χ1n) is 5.74. The number of rotatable bonds is 4. The maximum Gasteiger partial charge on any atom is 0.233 e. The number of hydrogen-bond acceptors (Lipinski definition) is 5. The molecule has 1 heterocycles. The van der Waals surface area contributed by atoms with Gasteiger partial charge in [-0.25, -0.2) is 0 Å². The van der Waals surface area contributed by atoms with Crippen LogP contribution in [0.3, 0.4) is 0 Å². The van der Waals surface area contributed by atoms with Gasteiger partial charge in [-0.15, -0.1) is 0 Å². The van der Waals surface area contributed by atoms with Crippen LogP contribution >= 0.6 is 23.2 Å². The number of aromatic nitrogens is 3. The van der Waals surface area contributed by atoms with Crippen molar-refractivity contribution < 1.29 is 0 Å². The van der Waals surface area contributed by atoms with Crippen molar-refractivity contribution in [3.05, 3.63) is 34.6 Å². The maximum atomic E-state index is 5.92. The molecule has 1 aromatic carbocycles. The monoisotopic (exact) mass is 297 g/mol. The molecule has 2 aromatic rings. The molecule has 0 saturated carbocycles. The van der Waals surface area contributed by atoms with E-state index in [1.54, 1.807) is 12.1 Å². The molecule has 0 radical (unpaired) electrons. The molecule has 0 saturated heterocycles. The highest BCUT2D eigenvalue weighted by molar-refractivity contribution is 6.30. The van der Waals surface area contributed by atoms with E-state index in [1.807, 2.05) is 31.0 Å². The Labute approximate surface area is 121 Å². The third kappa shape index (κ3) is 3.68. The zero-order valence-electron chi connectivity index (χ0n) is 10.6. The lowest BCUT2D eigenvalue weighted by Gasteiger charge is -2.15. The van der Waals surface area contributed by atoms with Crippen LogP contribution in [-0.4, -0.2) is 28.5 Å². The molecule has 19 heavy (non-hydrogen) atoms. The minimum Gasteiger partial charge on any atom is -0.344 e.